The van der Waals surface area contributed by atoms with E-state index in [0.717, 1.165) is 33.5 Å². The maximum absolute atomic E-state index is 15.1. The Bertz CT molecular complexity index is 3670. The van der Waals surface area contributed by atoms with Crippen molar-refractivity contribution in [3.63, 3.8) is 0 Å². The van der Waals surface area contributed by atoms with Crippen LogP contribution in [0.3, 0.4) is 0 Å². The highest BCUT2D eigenvalue weighted by molar-refractivity contribution is 6.13. The molecule has 2 heterocycles. The van der Waals surface area contributed by atoms with Gasteiger partial charge in [-0.05, 0) is 101 Å². The number of rotatable bonds is 5. The van der Waals surface area contributed by atoms with E-state index >= 15 is 26.3 Å². The minimum atomic E-state index is -5.22. The molecular formula is C53H27F6N5. The molecule has 306 valence electrons. The molecule has 0 unspecified atom stereocenters. The van der Waals surface area contributed by atoms with Crippen LogP contribution in [0, 0.1) is 34.0 Å². The maximum Gasteiger partial charge on any atom is 0.417 e. The van der Waals surface area contributed by atoms with E-state index in [0.29, 0.717) is 61.7 Å². The quantitative estimate of drug-likeness (QED) is 0.162. The number of hydrogen-bond donors (Lipinski definition) is 0. The summed E-state index contributed by atoms with van der Waals surface area (Å²) in [7, 11) is 0. The second kappa shape index (κ2) is 14.8. The van der Waals surface area contributed by atoms with E-state index in [4.69, 9.17) is 0 Å². The molecule has 64 heavy (non-hydrogen) atoms. The molecule has 8 aromatic carbocycles. The molecule has 0 aliphatic heterocycles. The fourth-order valence-corrected chi connectivity index (χ4v) is 8.97. The number of halogens is 6. The zero-order chi connectivity index (χ0) is 44.5. The van der Waals surface area contributed by atoms with E-state index in [1.54, 1.807) is 81.9 Å². The van der Waals surface area contributed by atoms with Crippen LogP contribution in [-0.2, 0) is 12.4 Å². The molecular weight excluding hydrogens is 821 g/mol. The lowest BCUT2D eigenvalue weighted by Gasteiger charge is -2.24. The number of para-hydroxylation sites is 2. The molecule has 10 rings (SSSR count). The number of nitriles is 3. The highest BCUT2D eigenvalue weighted by Gasteiger charge is 2.42. The van der Waals surface area contributed by atoms with Crippen molar-refractivity contribution in [2.45, 2.75) is 12.4 Å². The Morgan fingerprint density at radius 2 is 0.844 bits per heavy atom. The SMILES string of the molecule is N#Cc1cccc(-c2ccc3c(c2)c2ccccc2n3-c2ccc(-c3c(C(F)(F)F)cccc3C(F)(F)F)c(-n3c4ccccc4c4cc(-c5cccc(C#N)c5)ccc43)c2C#N)c1. The lowest BCUT2D eigenvalue weighted by Crippen LogP contribution is -2.16. The predicted octanol–water partition coefficient (Wildman–Crippen LogP) is 14.5. The molecule has 0 aliphatic carbocycles. The summed E-state index contributed by atoms with van der Waals surface area (Å²) in [4.78, 5) is 0. The van der Waals surface area contributed by atoms with Gasteiger partial charge in [0.25, 0.3) is 0 Å². The fourth-order valence-electron chi connectivity index (χ4n) is 8.97. The van der Waals surface area contributed by atoms with E-state index in [1.807, 2.05) is 60.7 Å². The number of benzene rings is 8. The van der Waals surface area contributed by atoms with Crippen LogP contribution < -0.4 is 0 Å². The normalized spacial score (nSPS) is 11.9. The fraction of sp³-hybridized carbons (Fsp3) is 0.0377. The molecule has 10 aromatic rings. The van der Waals surface area contributed by atoms with Crippen LogP contribution in [0.15, 0.2) is 164 Å². The smallest absolute Gasteiger partial charge is 0.308 e. The average molecular weight is 848 g/mol. The topological polar surface area (TPSA) is 81.2 Å². The highest BCUT2D eigenvalue weighted by atomic mass is 19.4. The van der Waals surface area contributed by atoms with Gasteiger partial charge in [-0.25, -0.2) is 0 Å². The Morgan fingerprint density at radius 1 is 0.391 bits per heavy atom. The summed E-state index contributed by atoms with van der Waals surface area (Å²) >= 11 is 0. The summed E-state index contributed by atoms with van der Waals surface area (Å²) in [6.45, 7) is 0. The number of alkyl halides is 6. The monoisotopic (exact) mass is 847 g/mol. The molecule has 11 heteroatoms. The van der Waals surface area contributed by atoms with Gasteiger partial charge in [-0.3, -0.25) is 0 Å². The van der Waals surface area contributed by atoms with Crippen molar-refractivity contribution in [1.82, 2.24) is 9.13 Å². The molecule has 2 aromatic heterocycles. The second-order valence-corrected chi connectivity index (χ2v) is 15.2. The molecule has 0 spiro atoms. The Morgan fingerprint density at radius 3 is 1.34 bits per heavy atom. The zero-order valence-electron chi connectivity index (χ0n) is 33.1. The van der Waals surface area contributed by atoms with Crippen molar-refractivity contribution in [2.75, 3.05) is 0 Å². The second-order valence-electron chi connectivity index (χ2n) is 15.2. The first-order chi connectivity index (χ1) is 30.9. The van der Waals surface area contributed by atoms with Gasteiger partial charge in [0.15, 0.2) is 0 Å². The number of hydrogen-bond acceptors (Lipinski definition) is 3. The molecule has 0 fully saturated rings. The summed E-state index contributed by atoms with van der Waals surface area (Å²) in [5, 5.41) is 33.4. The molecule has 5 nitrogen and oxygen atoms in total. The summed E-state index contributed by atoms with van der Waals surface area (Å²) in [5.41, 5.74) is 1.33. The molecule has 0 bridgehead atoms. The van der Waals surface area contributed by atoms with Gasteiger partial charge in [0.2, 0.25) is 0 Å². The van der Waals surface area contributed by atoms with Crippen LogP contribution in [0.5, 0.6) is 0 Å². The van der Waals surface area contributed by atoms with Gasteiger partial charge in [0.1, 0.15) is 11.6 Å². The van der Waals surface area contributed by atoms with Crippen LogP contribution in [0.1, 0.15) is 27.8 Å². The van der Waals surface area contributed by atoms with Crippen LogP contribution >= 0.6 is 0 Å². The van der Waals surface area contributed by atoms with E-state index in [9.17, 15) is 15.8 Å². The first-order valence-corrected chi connectivity index (χ1v) is 19.8. The Kier molecular flexibility index (Phi) is 9.14. The first-order valence-electron chi connectivity index (χ1n) is 19.8. The third-order valence-electron chi connectivity index (χ3n) is 11.7. The summed E-state index contributed by atoms with van der Waals surface area (Å²) < 4.78 is 94.0. The van der Waals surface area contributed by atoms with Gasteiger partial charge in [-0.1, -0.05) is 84.9 Å². The van der Waals surface area contributed by atoms with Crippen molar-refractivity contribution in [3.05, 3.63) is 192 Å². The zero-order valence-corrected chi connectivity index (χ0v) is 33.1. The molecule has 0 saturated carbocycles. The summed E-state index contributed by atoms with van der Waals surface area (Å²) in [6, 6.07) is 50.8. The van der Waals surface area contributed by atoms with Crippen LogP contribution in [0.25, 0.3) is 88.4 Å². The third kappa shape index (κ3) is 6.32. The van der Waals surface area contributed by atoms with Crippen molar-refractivity contribution in [2.24, 2.45) is 0 Å². The van der Waals surface area contributed by atoms with E-state index < -0.39 is 34.6 Å². The van der Waals surface area contributed by atoms with Gasteiger partial charge < -0.3 is 9.13 Å². The molecule has 0 atom stereocenters. The molecule has 0 aliphatic rings. The van der Waals surface area contributed by atoms with Crippen LogP contribution in [0.2, 0.25) is 0 Å². The lowest BCUT2D eigenvalue weighted by atomic mass is 9.90. The van der Waals surface area contributed by atoms with E-state index in [2.05, 4.69) is 18.2 Å². The Labute approximate surface area is 360 Å². The lowest BCUT2D eigenvalue weighted by molar-refractivity contribution is -0.142. The molecule has 0 amide bonds. The Hall–Kier alpha value is -8.59. The largest absolute Gasteiger partial charge is 0.417 e. The van der Waals surface area contributed by atoms with Gasteiger partial charge in [-0.2, -0.15) is 42.1 Å². The van der Waals surface area contributed by atoms with Crippen molar-refractivity contribution >= 4 is 43.6 Å². The van der Waals surface area contributed by atoms with Crippen LogP contribution in [-0.4, -0.2) is 9.13 Å². The van der Waals surface area contributed by atoms with Gasteiger partial charge in [0, 0.05) is 32.7 Å². The molecule has 0 saturated heterocycles. The van der Waals surface area contributed by atoms with E-state index in [-0.39, 0.29) is 16.9 Å². The average Bonchev–Trinajstić information content (AvgIpc) is 3.82. The van der Waals surface area contributed by atoms with Crippen molar-refractivity contribution < 1.29 is 26.3 Å². The maximum atomic E-state index is 15.1. The minimum Gasteiger partial charge on any atom is -0.308 e. The molecule has 0 radical (unpaired) electrons. The number of aromatic nitrogens is 2. The van der Waals surface area contributed by atoms with Gasteiger partial charge >= 0.3 is 12.4 Å². The van der Waals surface area contributed by atoms with Crippen LogP contribution in [0.4, 0.5) is 26.3 Å². The first kappa shape index (κ1) is 39.5. The molecule has 0 N–H and O–H groups in total. The van der Waals surface area contributed by atoms with Gasteiger partial charge in [0.05, 0.1) is 67.8 Å². The predicted molar refractivity (Wildman–Crippen MR) is 236 cm³/mol. The number of nitrogens with zero attached hydrogens (tertiary/aromatic N) is 5. The summed E-state index contributed by atoms with van der Waals surface area (Å²) in [5.74, 6) is 0. The summed E-state index contributed by atoms with van der Waals surface area (Å²) in [6.07, 6.45) is -10.4. The van der Waals surface area contributed by atoms with E-state index in [1.165, 1.54) is 12.1 Å². The number of fused-ring (bicyclic) bond motifs is 6. The van der Waals surface area contributed by atoms with Gasteiger partial charge in [-0.15, -0.1) is 0 Å². The highest BCUT2D eigenvalue weighted by Crippen LogP contribution is 2.49. The Balaban J connectivity index is 1.34. The standard InChI is InChI=1S/C53H27F6N5/c54-52(55,56)43-14-7-15-44(53(57,58)59)50(43)39-20-23-49(63-45-16-3-1-12-37(45)40-26-35(18-21-47(40)63)33-10-5-8-31(24-33)28-60)42(30-62)51(39)64-46-17-4-2-13-38(46)41-27-36(19-22-48(41)64)34-11-6-9-32(25-34)29-61/h1-27H. The third-order valence-corrected chi connectivity index (χ3v) is 11.7. The van der Waals surface area contributed by atoms with Crippen molar-refractivity contribution in [1.29, 1.82) is 15.8 Å². The van der Waals surface area contributed by atoms with Crippen molar-refractivity contribution in [3.8, 4) is 63.0 Å². The minimum absolute atomic E-state index is 0.176.